The number of nitro groups is 1. The van der Waals surface area contributed by atoms with E-state index in [0.717, 1.165) is 11.3 Å². The van der Waals surface area contributed by atoms with Gasteiger partial charge in [-0.25, -0.2) is 13.4 Å². The number of likely N-dealkylation sites (N-methyl/N-ethyl adjacent to an activating group) is 1. The van der Waals surface area contributed by atoms with Gasteiger partial charge >= 0.3 is 0 Å². The van der Waals surface area contributed by atoms with Crippen LogP contribution in [0.5, 0.6) is 0 Å². The first-order valence-electron chi connectivity index (χ1n) is 10.8. The number of amides is 1. The molecule has 1 amide bonds. The van der Waals surface area contributed by atoms with Crippen molar-refractivity contribution in [3.63, 3.8) is 0 Å². The zero-order valence-corrected chi connectivity index (χ0v) is 22.3. The van der Waals surface area contributed by atoms with Crippen molar-refractivity contribution in [1.29, 1.82) is 0 Å². The van der Waals surface area contributed by atoms with E-state index in [9.17, 15) is 23.3 Å². The van der Waals surface area contributed by atoms with Crippen LogP contribution in [0.2, 0.25) is 4.34 Å². The van der Waals surface area contributed by atoms with E-state index in [1.54, 1.807) is 17.0 Å². The number of thiophene rings is 1. The van der Waals surface area contributed by atoms with Gasteiger partial charge < -0.3 is 4.90 Å². The Bertz CT molecular complexity index is 1350. The molecule has 3 heterocycles. The number of non-ortho nitro benzene ring substituents is 1. The van der Waals surface area contributed by atoms with Crippen LogP contribution < -0.4 is 4.90 Å². The van der Waals surface area contributed by atoms with Crippen molar-refractivity contribution in [3.05, 3.63) is 44.8 Å². The number of fused-ring (bicyclic) bond motifs is 1. The molecule has 0 radical (unpaired) electrons. The van der Waals surface area contributed by atoms with Crippen LogP contribution in [0.4, 0.5) is 10.8 Å². The Labute approximate surface area is 215 Å². The smallest absolute Gasteiger partial charge is 0.270 e. The lowest BCUT2D eigenvalue weighted by Crippen LogP contribution is -2.45. The fourth-order valence-corrected chi connectivity index (χ4v) is 7.99. The van der Waals surface area contributed by atoms with Gasteiger partial charge in [0.15, 0.2) is 5.13 Å². The molecule has 0 N–H and O–H groups in total. The van der Waals surface area contributed by atoms with Crippen LogP contribution in [-0.4, -0.2) is 73.7 Å². The van der Waals surface area contributed by atoms with Crippen LogP contribution in [0, 0.1) is 16.0 Å². The second-order valence-electron chi connectivity index (χ2n) is 8.44. The van der Waals surface area contributed by atoms with E-state index in [-0.39, 0.29) is 34.8 Å². The molecule has 0 saturated carbocycles. The maximum Gasteiger partial charge on any atom is 0.270 e. The number of nitro benzene ring substituents is 1. The first-order chi connectivity index (χ1) is 16.6. The van der Waals surface area contributed by atoms with E-state index in [4.69, 9.17) is 11.6 Å². The van der Waals surface area contributed by atoms with E-state index in [1.807, 2.05) is 19.0 Å². The van der Waals surface area contributed by atoms with E-state index in [1.165, 1.54) is 33.8 Å². The minimum Gasteiger partial charge on any atom is -0.308 e. The van der Waals surface area contributed by atoms with Crippen molar-refractivity contribution in [3.8, 4) is 0 Å². The lowest BCUT2D eigenvalue weighted by atomic mass is 9.96. The summed E-state index contributed by atoms with van der Waals surface area (Å²) in [5.41, 5.74) is 0.563. The second kappa shape index (κ2) is 10.4. The average molecular weight is 558 g/mol. The fourth-order valence-electron chi connectivity index (χ4n) is 3.86. The van der Waals surface area contributed by atoms with E-state index in [0.29, 0.717) is 45.6 Å². The molecule has 1 saturated heterocycles. The molecule has 1 aromatic carbocycles. The van der Waals surface area contributed by atoms with Crippen LogP contribution >= 0.6 is 34.3 Å². The van der Waals surface area contributed by atoms with Crippen LogP contribution in [0.1, 0.15) is 12.8 Å². The SMILES string of the molecule is CN(C)CCN(C(=O)C1CCN(S(=O)(=O)c2ccc(Cl)s2)CC1)c1nc2ccc([N+](=O)[O-])cc2s1. The summed E-state index contributed by atoms with van der Waals surface area (Å²) in [5, 5.41) is 11.6. The average Bonchev–Trinajstić information content (AvgIpc) is 3.45. The number of rotatable bonds is 8. The van der Waals surface area contributed by atoms with Gasteiger partial charge in [0, 0.05) is 44.2 Å². The number of sulfonamides is 1. The number of aromatic nitrogens is 1. The van der Waals surface area contributed by atoms with Gasteiger partial charge in [0.05, 0.1) is 19.5 Å². The molecule has 10 nitrogen and oxygen atoms in total. The van der Waals surface area contributed by atoms with Gasteiger partial charge in [-0.1, -0.05) is 22.9 Å². The number of hydrogen-bond acceptors (Lipinski definition) is 9. The number of carbonyl (C=O) groups is 1. The Balaban J connectivity index is 1.52. The van der Waals surface area contributed by atoms with Crippen LogP contribution in [0.15, 0.2) is 34.5 Å². The summed E-state index contributed by atoms with van der Waals surface area (Å²) in [6.45, 7) is 1.48. The second-order valence-corrected chi connectivity index (χ2v) is 13.3. The standard InChI is InChI=1S/C21H24ClN5O5S3/c1-24(2)11-12-26(21-23-16-4-3-15(27(29)30)13-17(16)33-21)20(28)14-7-9-25(10-8-14)35(31,32)19-6-5-18(22)34-19/h3-6,13-14H,7-12H2,1-2H3. The predicted molar refractivity (Wildman–Crippen MR) is 138 cm³/mol. The maximum atomic E-state index is 13.6. The van der Waals surface area contributed by atoms with Crippen LogP contribution in [-0.2, 0) is 14.8 Å². The van der Waals surface area contributed by atoms with E-state index in [2.05, 4.69) is 4.98 Å². The Morgan fingerprint density at radius 2 is 1.91 bits per heavy atom. The van der Waals surface area contributed by atoms with Crippen molar-refractivity contribution in [2.24, 2.45) is 5.92 Å². The Kier molecular flexibility index (Phi) is 7.74. The normalized spacial score (nSPS) is 15.7. The number of halogens is 1. The molecule has 0 aliphatic carbocycles. The third-order valence-electron chi connectivity index (χ3n) is 5.79. The minimum atomic E-state index is -3.64. The highest BCUT2D eigenvalue weighted by atomic mass is 35.5. The minimum absolute atomic E-state index is 0.0283. The Hall–Kier alpha value is -2.16. The number of benzene rings is 1. The third kappa shape index (κ3) is 5.65. The van der Waals surface area contributed by atoms with Crippen molar-refractivity contribution >= 4 is 71.2 Å². The summed E-state index contributed by atoms with van der Waals surface area (Å²) in [5.74, 6) is -0.464. The monoisotopic (exact) mass is 557 g/mol. The van der Waals surface area contributed by atoms with Gasteiger partial charge in [-0.3, -0.25) is 19.8 Å². The molecule has 0 bridgehead atoms. The zero-order valence-electron chi connectivity index (χ0n) is 19.1. The maximum absolute atomic E-state index is 13.6. The Morgan fingerprint density at radius 1 is 1.20 bits per heavy atom. The molecule has 0 atom stereocenters. The fraction of sp³-hybridized carbons (Fsp3) is 0.429. The first-order valence-corrected chi connectivity index (χ1v) is 14.3. The lowest BCUT2D eigenvalue weighted by Gasteiger charge is -2.33. The van der Waals surface area contributed by atoms with Gasteiger partial charge in [-0.15, -0.1) is 11.3 Å². The molecule has 4 rings (SSSR count). The van der Waals surface area contributed by atoms with E-state index >= 15 is 0 Å². The summed E-state index contributed by atoms with van der Waals surface area (Å²) in [6.07, 6.45) is 0.790. The van der Waals surface area contributed by atoms with Crippen molar-refractivity contribution < 1.29 is 18.1 Å². The van der Waals surface area contributed by atoms with Gasteiger partial charge in [0.2, 0.25) is 5.91 Å². The largest absolute Gasteiger partial charge is 0.308 e. The molecular formula is C21H24ClN5O5S3. The van der Waals surface area contributed by atoms with E-state index < -0.39 is 14.9 Å². The number of hydrogen-bond donors (Lipinski definition) is 0. The quantitative estimate of drug-likeness (QED) is 0.304. The molecule has 0 unspecified atom stereocenters. The molecule has 14 heteroatoms. The highest BCUT2D eigenvalue weighted by Crippen LogP contribution is 2.34. The number of carbonyl (C=O) groups excluding carboxylic acids is 1. The molecule has 1 aliphatic heterocycles. The van der Waals surface area contributed by atoms with Crippen molar-refractivity contribution in [2.45, 2.75) is 17.1 Å². The molecule has 1 fully saturated rings. The first kappa shape index (κ1) is 25.9. The Morgan fingerprint density at radius 3 is 2.51 bits per heavy atom. The van der Waals surface area contributed by atoms with Gasteiger partial charge in [-0.05, 0) is 45.1 Å². The van der Waals surface area contributed by atoms with Gasteiger partial charge in [0.25, 0.3) is 15.7 Å². The molecule has 1 aliphatic rings. The molecule has 3 aromatic rings. The highest BCUT2D eigenvalue weighted by Gasteiger charge is 2.35. The summed E-state index contributed by atoms with van der Waals surface area (Å²) in [6, 6.07) is 7.51. The molecule has 35 heavy (non-hydrogen) atoms. The number of thiazole rings is 1. The number of piperidine rings is 1. The highest BCUT2D eigenvalue weighted by molar-refractivity contribution is 7.91. The number of nitrogens with zero attached hydrogens (tertiary/aromatic N) is 5. The molecule has 2 aromatic heterocycles. The van der Waals surface area contributed by atoms with Crippen LogP contribution in [0.25, 0.3) is 10.2 Å². The van der Waals surface area contributed by atoms with Gasteiger partial charge in [0.1, 0.15) is 4.21 Å². The summed E-state index contributed by atoms with van der Waals surface area (Å²) in [4.78, 5) is 32.4. The zero-order chi connectivity index (χ0) is 25.3. The summed E-state index contributed by atoms with van der Waals surface area (Å²) < 4.78 is 28.5. The topological polar surface area (TPSA) is 117 Å². The lowest BCUT2D eigenvalue weighted by molar-refractivity contribution is -0.384. The van der Waals surface area contributed by atoms with Crippen LogP contribution in [0.3, 0.4) is 0 Å². The predicted octanol–water partition coefficient (Wildman–Crippen LogP) is 3.91. The molecule has 188 valence electrons. The summed E-state index contributed by atoms with van der Waals surface area (Å²) in [7, 11) is 0.172. The van der Waals surface area contributed by atoms with Crippen molar-refractivity contribution in [2.75, 3.05) is 45.2 Å². The number of anilines is 1. The third-order valence-corrected chi connectivity index (χ3v) is 10.4. The molecular weight excluding hydrogens is 534 g/mol. The van der Waals surface area contributed by atoms with Gasteiger partial charge in [-0.2, -0.15) is 4.31 Å². The summed E-state index contributed by atoms with van der Waals surface area (Å²) >= 11 is 8.17. The molecule has 0 spiro atoms. The van der Waals surface area contributed by atoms with Crippen molar-refractivity contribution in [1.82, 2.24) is 14.2 Å².